The lowest BCUT2D eigenvalue weighted by molar-refractivity contribution is -0.113. The summed E-state index contributed by atoms with van der Waals surface area (Å²) in [6.45, 7) is 3.82. The molecule has 2 aromatic carbocycles. The average Bonchev–Trinajstić information content (AvgIpc) is 3.08. The molecule has 0 saturated heterocycles. The maximum atomic E-state index is 13.3. The molecule has 0 atom stereocenters. The van der Waals surface area contributed by atoms with Gasteiger partial charge < -0.3 is 10.3 Å². The van der Waals surface area contributed by atoms with E-state index in [1.54, 1.807) is 12.1 Å². The highest BCUT2D eigenvalue weighted by Crippen LogP contribution is 2.22. The smallest absolute Gasteiger partial charge is 0.283 e. The summed E-state index contributed by atoms with van der Waals surface area (Å²) in [5, 5.41) is 3.06. The second-order valence-electron chi connectivity index (χ2n) is 6.93. The Labute approximate surface area is 176 Å². The summed E-state index contributed by atoms with van der Waals surface area (Å²) in [5.74, 6) is -0.728. The van der Waals surface area contributed by atoms with Crippen molar-refractivity contribution in [2.24, 2.45) is 0 Å². The van der Waals surface area contributed by atoms with Crippen LogP contribution in [-0.4, -0.2) is 26.2 Å². The number of nitrogens with zero attached hydrogens (tertiary/aromatic N) is 2. The minimum absolute atomic E-state index is 0.0176. The number of aromatic amines is 1. The van der Waals surface area contributed by atoms with E-state index in [4.69, 9.17) is 0 Å². The van der Waals surface area contributed by atoms with Gasteiger partial charge in [0, 0.05) is 11.4 Å². The van der Waals surface area contributed by atoms with Gasteiger partial charge in [-0.2, -0.15) is 0 Å². The number of amides is 1. The monoisotopic (exact) mass is 422 g/mol. The number of hydrogen-bond donors (Lipinski definition) is 2. The third kappa shape index (κ3) is 4.13. The molecule has 2 heterocycles. The third-order valence-electron chi connectivity index (χ3n) is 4.49. The Morgan fingerprint density at radius 3 is 2.67 bits per heavy atom. The largest absolute Gasteiger partial charge is 0.353 e. The van der Waals surface area contributed by atoms with Gasteiger partial charge in [-0.25, -0.2) is 9.37 Å². The van der Waals surface area contributed by atoms with Gasteiger partial charge in [0.15, 0.2) is 5.16 Å². The minimum atomic E-state index is -0.427. The van der Waals surface area contributed by atoms with Crippen LogP contribution in [0.3, 0.4) is 0 Å². The van der Waals surface area contributed by atoms with E-state index < -0.39 is 5.82 Å². The number of hydrogen-bond acceptors (Lipinski definition) is 4. The van der Waals surface area contributed by atoms with Gasteiger partial charge in [0.1, 0.15) is 11.3 Å². The molecule has 0 aliphatic rings. The van der Waals surface area contributed by atoms with Gasteiger partial charge in [-0.3, -0.25) is 14.2 Å². The van der Waals surface area contributed by atoms with E-state index in [1.807, 2.05) is 38.1 Å². The Kier molecular flexibility index (Phi) is 5.41. The topological polar surface area (TPSA) is 79.8 Å². The molecule has 0 radical (unpaired) electrons. The van der Waals surface area contributed by atoms with Gasteiger partial charge in [0.25, 0.3) is 5.56 Å². The molecule has 0 aliphatic carbocycles. The van der Waals surface area contributed by atoms with E-state index >= 15 is 0 Å². The number of fused-ring (bicyclic) bond motifs is 1. The van der Waals surface area contributed by atoms with Crippen LogP contribution < -0.4 is 10.9 Å². The fourth-order valence-corrected chi connectivity index (χ4v) is 3.90. The Morgan fingerprint density at radius 2 is 1.93 bits per heavy atom. The summed E-state index contributed by atoms with van der Waals surface area (Å²) in [4.78, 5) is 33.2. The van der Waals surface area contributed by atoms with Crippen LogP contribution in [-0.2, 0) is 4.79 Å². The molecule has 0 bridgehead atoms. The molecule has 0 spiro atoms. The van der Waals surface area contributed by atoms with E-state index in [2.05, 4.69) is 15.3 Å². The van der Waals surface area contributed by atoms with Crippen molar-refractivity contribution in [2.75, 3.05) is 11.1 Å². The molecule has 1 amide bonds. The molecule has 2 aromatic heterocycles. The maximum Gasteiger partial charge on any atom is 0.283 e. The molecule has 0 aliphatic heterocycles. The molecule has 6 nitrogen and oxygen atoms in total. The number of H-pyrrole nitrogens is 1. The number of thioether (sulfide) groups is 1. The van der Waals surface area contributed by atoms with Crippen molar-refractivity contribution < 1.29 is 9.18 Å². The lowest BCUT2D eigenvalue weighted by atomic mass is 10.2. The molecule has 4 rings (SSSR count). The predicted octanol–water partition coefficient (Wildman–Crippen LogP) is 4.20. The second kappa shape index (κ2) is 8.16. The van der Waals surface area contributed by atoms with Crippen LogP contribution in [0.2, 0.25) is 0 Å². The van der Waals surface area contributed by atoms with Gasteiger partial charge in [-0.1, -0.05) is 35.5 Å². The number of rotatable bonds is 5. The van der Waals surface area contributed by atoms with Crippen molar-refractivity contribution in [2.45, 2.75) is 19.0 Å². The first-order valence-corrected chi connectivity index (χ1v) is 10.3. The van der Waals surface area contributed by atoms with Crippen LogP contribution in [0.25, 0.3) is 16.7 Å². The maximum absolute atomic E-state index is 13.3. The van der Waals surface area contributed by atoms with Crippen molar-refractivity contribution in [1.29, 1.82) is 0 Å². The zero-order valence-electron chi connectivity index (χ0n) is 16.4. The first kappa shape index (κ1) is 19.9. The zero-order valence-corrected chi connectivity index (χ0v) is 17.2. The van der Waals surface area contributed by atoms with Crippen LogP contribution in [0, 0.1) is 19.7 Å². The van der Waals surface area contributed by atoms with E-state index in [9.17, 15) is 14.0 Å². The summed E-state index contributed by atoms with van der Waals surface area (Å²) in [7, 11) is 0. The summed E-state index contributed by atoms with van der Waals surface area (Å²) in [5.41, 5.74) is 3.68. The summed E-state index contributed by atoms with van der Waals surface area (Å²) >= 11 is 1.15. The molecular formula is C22H19FN4O2S. The van der Waals surface area contributed by atoms with Crippen LogP contribution in [0.15, 0.2) is 64.5 Å². The van der Waals surface area contributed by atoms with Gasteiger partial charge >= 0.3 is 0 Å². The number of aryl methyl sites for hydroxylation is 2. The first-order valence-electron chi connectivity index (χ1n) is 9.28. The van der Waals surface area contributed by atoms with Gasteiger partial charge in [0.2, 0.25) is 5.91 Å². The minimum Gasteiger partial charge on any atom is -0.353 e. The van der Waals surface area contributed by atoms with Gasteiger partial charge in [-0.15, -0.1) is 0 Å². The number of benzene rings is 2. The second-order valence-corrected chi connectivity index (χ2v) is 7.87. The quantitative estimate of drug-likeness (QED) is 0.373. The molecular weight excluding hydrogens is 403 g/mol. The standard InChI is InChI=1S/C22H19FN4O2S/c1-13-6-8-17(9-7-13)27-21(29)20-18(10-14(2)24-20)26-22(27)30-12-19(28)25-16-5-3-4-15(23)11-16/h3-11,24H,12H2,1-2H3,(H,25,28). The number of aromatic nitrogens is 3. The SMILES string of the molecule is Cc1ccc(-n2c(SCC(=O)Nc3cccc(F)c3)nc3cc(C)[nH]c3c2=O)cc1. The Morgan fingerprint density at radius 1 is 1.17 bits per heavy atom. The van der Waals surface area contributed by atoms with E-state index in [0.717, 1.165) is 23.0 Å². The molecule has 152 valence electrons. The number of nitrogens with one attached hydrogen (secondary N) is 2. The zero-order chi connectivity index (χ0) is 21.3. The predicted molar refractivity (Wildman–Crippen MR) is 117 cm³/mol. The number of carbonyl (C=O) groups excluding carboxylic acids is 1. The van der Waals surface area contributed by atoms with Gasteiger partial charge in [-0.05, 0) is 50.2 Å². The molecule has 0 saturated carbocycles. The summed E-state index contributed by atoms with van der Waals surface area (Å²) in [6.07, 6.45) is 0. The van der Waals surface area contributed by atoms with E-state index in [1.165, 1.54) is 22.8 Å². The van der Waals surface area contributed by atoms with Crippen LogP contribution in [0.5, 0.6) is 0 Å². The highest BCUT2D eigenvalue weighted by molar-refractivity contribution is 7.99. The van der Waals surface area contributed by atoms with Crippen LogP contribution in [0.1, 0.15) is 11.3 Å². The van der Waals surface area contributed by atoms with Crippen molar-refractivity contribution >= 4 is 34.4 Å². The van der Waals surface area contributed by atoms with Crippen molar-refractivity contribution in [1.82, 2.24) is 14.5 Å². The molecule has 0 fully saturated rings. The fraction of sp³-hybridized carbons (Fsp3) is 0.136. The Hall–Kier alpha value is -3.39. The molecule has 30 heavy (non-hydrogen) atoms. The summed E-state index contributed by atoms with van der Waals surface area (Å²) in [6, 6.07) is 15.0. The van der Waals surface area contributed by atoms with Gasteiger partial charge in [0.05, 0.1) is 17.0 Å². The number of anilines is 1. The molecule has 4 aromatic rings. The average molecular weight is 422 g/mol. The van der Waals surface area contributed by atoms with E-state index in [0.29, 0.717) is 27.6 Å². The van der Waals surface area contributed by atoms with Crippen LogP contribution >= 0.6 is 11.8 Å². The summed E-state index contributed by atoms with van der Waals surface area (Å²) < 4.78 is 14.8. The molecule has 0 unspecified atom stereocenters. The van der Waals surface area contributed by atoms with Crippen molar-refractivity contribution in [3.8, 4) is 5.69 Å². The molecule has 8 heteroatoms. The highest BCUT2D eigenvalue weighted by Gasteiger charge is 2.16. The molecule has 2 N–H and O–H groups in total. The number of carbonyl (C=O) groups is 1. The normalized spacial score (nSPS) is 11.0. The Bertz CT molecular complexity index is 1290. The highest BCUT2D eigenvalue weighted by atomic mass is 32.2. The first-order chi connectivity index (χ1) is 14.4. The van der Waals surface area contributed by atoms with E-state index in [-0.39, 0.29) is 17.2 Å². The van der Waals surface area contributed by atoms with Crippen molar-refractivity contribution in [3.63, 3.8) is 0 Å². The lowest BCUT2D eigenvalue weighted by Gasteiger charge is -2.12. The third-order valence-corrected chi connectivity index (χ3v) is 5.43. The number of halogens is 1. The van der Waals surface area contributed by atoms with Crippen LogP contribution in [0.4, 0.5) is 10.1 Å². The Balaban J connectivity index is 1.66. The fourth-order valence-electron chi connectivity index (χ4n) is 3.09. The lowest BCUT2D eigenvalue weighted by Crippen LogP contribution is -2.23. The van der Waals surface area contributed by atoms with Crippen molar-refractivity contribution in [3.05, 3.63) is 82.0 Å².